The average Bonchev–Trinajstić information content (AvgIpc) is 3.33. The second-order valence-electron chi connectivity index (χ2n) is 6.74. The van der Waals surface area contributed by atoms with Crippen molar-refractivity contribution in [1.82, 2.24) is 15.6 Å². The van der Waals surface area contributed by atoms with Crippen LogP contribution in [0, 0.1) is 12.8 Å². The van der Waals surface area contributed by atoms with Crippen LogP contribution >= 0.6 is 35.3 Å². The molecule has 1 atom stereocenters. The summed E-state index contributed by atoms with van der Waals surface area (Å²) in [7, 11) is 1.71. The molecule has 1 fully saturated rings. The molecule has 2 heterocycles. The molecule has 3 rings (SSSR count). The highest BCUT2D eigenvalue weighted by Gasteiger charge is 2.23. The third-order valence-electron chi connectivity index (χ3n) is 4.65. The van der Waals surface area contributed by atoms with Crippen LogP contribution in [0.5, 0.6) is 5.75 Å². The summed E-state index contributed by atoms with van der Waals surface area (Å²) in [6, 6.07) is 8.30. The normalized spacial score (nSPS) is 16.6. The summed E-state index contributed by atoms with van der Waals surface area (Å²) in [5.74, 6) is 2.38. The van der Waals surface area contributed by atoms with Gasteiger partial charge in [0.05, 0.1) is 13.7 Å². The van der Waals surface area contributed by atoms with E-state index >= 15 is 0 Å². The van der Waals surface area contributed by atoms with Gasteiger partial charge in [-0.25, -0.2) is 9.98 Å². The van der Waals surface area contributed by atoms with Crippen LogP contribution in [0.1, 0.15) is 23.2 Å². The summed E-state index contributed by atoms with van der Waals surface area (Å²) in [5, 5.41) is 7.88. The second-order valence-corrected chi connectivity index (χ2v) is 8.06. The molecule has 1 aliphatic rings. The van der Waals surface area contributed by atoms with Crippen molar-refractivity contribution >= 4 is 47.0 Å². The predicted molar refractivity (Wildman–Crippen MR) is 128 cm³/mol. The zero-order valence-corrected chi connectivity index (χ0v) is 19.9. The minimum absolute atomic E-state index is 0. The van der Waals surface area contributed by atoms with E-state index in [1.54, 1.807) is 18.4 Å². The smallest absolute Gasteiger partial charge is 0.191 e. The molecular formula is C20H30IN5OS. The number of nitrogens with one attached hydrogen (secondary N) is 2. The van der Waals surface area contributed by atoms with E-state index in [1.165, 1.54) is 17.0 Å². The Morgan fingerprint density at radius 2 is 2.25 bits per heavy atom. The molecule has 154 valence electrons. The molecule has 0 saturated carbocycles. The number of halogens is 1. The number of aliphatic imine (C=N–C) groups is 1. The number of hydrogen-bond donors (Lipinski definition) is 2. The molecule has 1 aliphatic heterocycles. The van der Waals surface area contributed by atoms with Crippen molar-refractivity contribution in [3.8, 4) is 5.75 Å². The molecule has 0 amide bonds. The van der Waals surface area contributed by atoms with E-state index in [0.717, 1.165) is 42.9 Å². The van der Waals surface area contributed by atoms with E-state index in [2.05, 4.69) is 57.6 Å². The Bertz CT molecular complexity index is 767. The molecule has 0 bridgehead atoms. The summed E-state index contributed by atoms with van der Waals surface area (Å²) in [6.45, 7) is 8.67. The first-order chi connectivity index (χ1) is 13.2. The Morgan fingerprint density at radius 1 is 1.39 bits per heavy atom. The van der Waals surface area contributed by atoms with Crippen molar-refractivity contribution in [3.63, 3.8) is 0 Å². The highest BCUT2D eigenvalue weighted by Crippen LogP contribution is 2.26. The van der Waals surface area contributed by atoms with Gasteiger partial charge in [0.15, 0.2) is 5.96 Å². The lowest BCUT2D eigenvalue weighted by Gasteiger charge is -2.20. The number of anilines is 1. The molecule has 1 saturated heterocycles. The van der Waals surface area contributed by atoms with Gasteiger partial charge in [-0.2, -0.15) is 0 Å². The summed E-state index contributed by atoms with van der Waals surface area (Å²) >= 11 is 1.70. The highest BCUT2D eigenvalue weighted by molar-refractivity contribution is 14.0. The molecule has 2 aromatic rings. The summed E-state index contributed by atoms with van der Waals surface area (Å²) in [6.07, 6.45) is 3.08. The van der Waals surface area contributed by atoms with Gasteiger partial charge in [0.2, 0.25) is 0 Å². The monoisotopic (exact) mass is 515 g/mol. The number of aryl methyl sites for hydroxylation is 1. The van der Waals surface area contributed by atoms with Gasteiger partial charge in [0.1, 0.15) is 10.8 Å². The Kier molecular flexibility index (Phi) is 9.30. The maximum Gasteiger partial charge on any atom is 0.191 e. The molecule has 1 unspecified atom stereocenters. The first-order valence-electron chi connectivity index (χ1n) is 9.50. The largest absolute Gasteiger partial charge is 0.497 e. The van der Waals surface area contributed by atoms with Gasteiger partial charge in [0, 0.05) is 49.0 Å². The van der Waals surface area contributed by atoms with E-state index in [0.29, 0.717) is 12.5 Å². The molecule has 6 nitrogen and oxygen atoms in total. The van der Waals surface area contributed by atoms with E-state index in [-0.39, 0.29) is 24.0 Å². The van der Waals surface area contributed by atoms with Gasteiger partial charge >= 0.3 is 0 Å². The van der Waals surface area contributed by atoms with Gasteiger partial charge in [-0.1, -0.05) is 6.07 Å². The zero-order chi connectivity index (χ0) is 19.1. The second kappa shape index (κ2) is 11.5. The summed E-state index contributed by atoms with van der Waals surface area (Å²) in [4.78, 5) is 12.7. The van der Waals surface area contributed by atoms with Crippen molar-refractivity contribution in [1.29, 1.82) is 0 Å². The van der Waals surface area contributed by atoms with E-state index in [1.807, 2.05) is 12.3 Å². The van der Waals surface area contributed by atoms with E-state index < -0.39 is 0 Å². The van der Waals surface area contributed by atoms with Crippen LogP contribution in [0.15, 0.2) is 35.5 Å². The predicted octanol–water partition coefficient (Wildman–Crippen LogP) is 3.66. The Hall–Kier alpha value is -1.55. The van der Waals surface area contributed by atoms with Crippen LogP contribution in [0.4, 0.5) is 5.69 Å². The van der Waals surface area contributed by atoms with E-state index in [4.69, 9.17) is 4.74 Å². The van der Waals surface area contributed by atoms with Crippen LogP contribution in [0.2, 0.25) is 0 Å². The van der Waals surface area contributed by atoms with Gasteiger partial charge in [-0.3, -0.25) is 0 Å². The molecule has 0 spiro atoms. The Morgan fingerprint density at radius 3 is 2.96 bits per heavy atom. The number of aromatic nitrogens is 1. The standard InChI is InChI=1S/C20H29N5OS.HI/c1-4-21-20(24-13-19-22-11-15(2)27-19)23-12-16-8-9-25(14-16)17-6-5-7-18(10-17)26-3;/h5-7,10-11,16H,4,8-9,12-14H2,1-3H3,(H2,21,23,24);1H. The molecule has 2 N–H and O–H groups in total. The Balaban J connectivity index is 0.00000280. The van der Waals surface area contributed by atoms with Crippen LogP contribution in [0.25, 0.3) is 0 Å². The SMILES string of the molecule is CCNC(=NCc1ncc(C)s1)NCC1CCN(c2cccc(OC)c2)C1.I. The van der Waals surface area contributed by atoms with Gasteiger partial charge < -0.3 is 20.3 Å². The Labute approximate surface area is 188 Å². The molecule has 0 aliphatic carbocycles. The maximum atomic E-state index is 5.34. The third-order valence-corrected chi connectivity index (χ3v) is 5.55. The van der Waals surface area contributed by atoms with Crippen LogP contribution in [0.3, 0.4) is 0 Å². The van der Waals surface area contributed by atoms with Crippen molar-refractivity contribution in [2.45, 2.75) is 26.8 Å². The molecule has 0 radical (unpaired) electrons. The van der Waals surface area contributed by atoms with Crippen molar-refractivity contribution in [3.05, 3.63) is 40.3 Å². The lowest BCUT2D eigenvalue weighted by molar-refractivity contribution is 0.415. The number of ether oxygens (including phenoxy) is 1. The van der Waals surface area contributed by atoms with Crippen LogP contribution in [-0.2, 0) is 6.54 Å². The van der Waals surface area contributed by atoms with Gasteiger partial charge in [0.25, 0.3) is 0 Å². The fourth-order valence-electron chi connectivity index (χ4n) is 3.24. The number of benzene rings is 1. The first kappa shape index (κ1) is 22.7. The highest BCUT2D eigenvalue weighted by atomic mass is 127. The first-order valence-corrected chi connectivity index (χ1v) is 10.3. The molecule has 8 heteroatoms. The molecular weight excluding hydrogens is 485 g/mol. The van der Waals surface area contributed by atoms with Crippen LogP contribution < -0.4 is 20.3 Å². The number of methoxy groups -OCH3 is 1. The number of guanidine groups is 1. The topological polar surface area (TPSA) is 61.8 Å². The fourth-order valence-corrected chi connectivity index (χ4v) is 3.96. The fraction of sp³-hybridized carbons (Fsp3) is 0.500. The van der Waals surface area contributed by atoms with Crippen molar-refractivity contribution in [2.24, 2.45) is 10.9 Å². The van der Waals surface area contributed by atoms with E-state index in [9.17, 15) is 0 Å². The van der Waals surface area contributed by atoms with Crippen molar-refractivity contribution < 1.29 is 4.74 Å². The number of hydrogen-bond acceptors (Lipinski definition) is 5. The minimum atomic E-state index is 0. The minimum Gasteiger partial charge on any atom is -0.497 e. The third kappa shape index (κ3) is 6.51. The van der Waals surface area contributed by atoms with Crippen molar-refractivity contribution in [2.75, 3.05) is 38.2 Å². The van der Waals surface area contributed by atoms with Crippen LogP contribution in [-0.4, -0.2) is 44.2 Å². The summed E-state index contributed by atoms with van der Waals surface area (Å²) < 4.78 is 5.34. The molecule has 1 aromatic carbocycles. The lowest BCUT2D eigenvalue weighted by Crippen LogP contribution is -2.40. The average molecular weight is 515 g/mol. The summed E-state index contributed by atoms with van der Waals surface area (Å²) in [5.41, 5.74) is 1.23. The number of rotatable bonds is 7. The van der Waals surface area contributed by atoms with Gasteiger partial charge in [-0.05, 0) is 38.3 Å². The maximum absolute atomic E-state index is 5.34. The number of thiazole rings is 1. The number of nitrogens with zero attached hydrogens (tertiary/aromatic N) is 3. The zero-order valence-electron chi connectivity index (χ0n) is 16.8. The molecule has 1 aromatic heterocycles. The van der Waals surface area contributed by atoms with Gasteiger partial charge in [-0.15, -0.1) is 35.3 Å². The quantitative estimate of drug-likeness (QED) is 0.335. The molecule has 28 heavy (non-hydrogen) atoms. The lowest BCUT2D eigenvalue weighted by atomic mass is 10.1.